The van der Waals surface area contributed by atoms with Crippen LogP contribution in [0.2, 0.25) is 0 Å². The van der Waals surface area contributed by atoms with E-state index in [4.69, 9.17) is 4.74 Å². The van der Waals surface area contributed by atoms with Crippen LogP contribution in [-0.4, -0.2) is 34.1 Å². The zero-order valence-electron chi connectivity index (χ0n) is 12.0. The van der Waals surface area contributed by atoms with Gasteiger partial charge in [0.25, 0.3) is 0 Å². The Balaban J connectivity index is 1.72. The minimum absolute atomic E-state index is 0.605. The van der Waals surface area contributed by atoms with E-state index in [9.17, 15) is 0 Å². The lowest BCUT2D eigenvalue weighted by molar-refractivity contribution is 0.108. The van der Waals surface area contributed by atoms with E-state index in [2.05, 4.69) is 45.1 Å². The molecule has 0 atom stereocenters. The van der Waals surface area contributed by atoms with Gasteiger partial charge in [-0.3, -0.25) is 4.40 Å². The van der Waals surface area contributed by atoms with Crippen LogP contribution in [0.25, 0.3) is 5.65 Å². The molecule has 0 fully saturated rings. The summed E-state index contributed by atoms with van der Waals surface area (Å²) in [7, 11) is 0. The normalized spacial score (nSPS) is 11.6. The Kier molecular flexibility index (Phi) is 5.94. The monoisotopic (exact) mass is 340 g/mol. The minimum atomic E-state index is 0.605. The lowest BCUT2D eigenvalue weighted by Crippen LogP contribution is -2.18. The Morgan fingerprint density at radius 3 is 3.00 bits per heavy atom. The highest BCUT2D eigenvalue weighted by Crippen LogP contribution is 2.10. The van der Waals surface area contributed by atoms with Crippen LogP contribution in [0.1, 0.15) is 26.0 Å². The molecule has 2 aromatic rings. The Labute approximate surface area is 127 Å². The van der Waals surface area contributed by atoms with Crippen molar-refractivity contribution in [3.8, 4) is 0 Å². The number of ether oxygens (including phenoxy) is 1. The molecule has 2 rings (SSSR count). The first kappa shape index (κ1) is 15.4. The summed E-state index contributed by atoms with van der Waals surface area (Å²) in [6.45, 7) is 7.72. The van der Waals surface area contributed by atoms with Crippen molar-refractivity contribution in [2.75, 3.05) is 19.8 Å². The van der Waals surface area contributed by atoms with Crippen molar-refractivity contribution in [3.05, 3.63) is 28.9 Å². The predicted octanol–water partition coefficient (Wildman–Crippen LogP) is 2.64. The summed E-state index contributed by atoms with van der Waals surface area (Å²) >= 11 is 3.38. The van der Waals surface area contributed by atoms with Gasteiger partial charge in [-0.2, -0.15) is 0 Å². The van der Waals surface area contributed by atoms with E-state index in [0.717, 1.165) is 48.7 Å². The molecule has 0 aromatic carbocycles. The van der Waals surface area contributed by atoms with Crippen LogP contribution in [0, 0.1) is 5.92 Å². The second-order valence-corrected chi connectivity index (χ2v) is 6.00. The summed E-state index contributed by atoms with van der Waals surface area (Å²) in [5.74, 6) is 0.605. The van der Waals surface area contributed by atoms with Crippen molar-refractivity contribution in [1.29, 1.82) is 0 Å². The van der Waals surface area contributed by atoms with Gasteiger partial charge >= 0.3 is 0 Å². The molecule has 5 nitrogen and oxygen atoms in total. The third-order valence-corrected chi connectivity index (χ3v) is 3.25. The first-order valence-electron chi connectivity index (χ1n) is 6.92. The summed E-state index contributed by atoms with van der Waals surface area (Å²) in [5, 5.41) is 3.41. The Morgan fingerprint density at radius 2 is 2.20 bits per heavy atom. The van der Waals surface area contributed by atoms with E-state index in [-0.39, 0.29) is 0 Å². The molecule has 110 valence electrons. The quantitative estimate of drug-likeness (QED) is 0.750. The fraction of sp³-hybridized carbons (Fsp3) is 0.571. The van der Waals surface area contributed by atoms with Crippen LogP contribution in [0.15, 0.2) is 23.2 Å². The van der Waals surface area contributed by atoms with E-state index in [0.29, 0.717) is 5.92 Å². The van der Waals surface area contributed by atoms with Gasteiger partial charge in [0.1, 0.15) is 4.60 Å². The minimum Gasteiger partial charge on any atom is -0.381 e. The number of nitrogens with zero attached hydrogens (tertiary/aromatic N) is 3. The van der Waals surface area contributed by atoms with E-state index in [1.165, 1.54) is 0 Å². The number of nitrogens with one attached hydrogen (secondary N) is 1. The van der Waals surface area contributed by atoms with Crippen molar-refractivity contribution in [2.45, 2.75) is 26.8 Å². The van der Waals surface area contributed by atoms with Crippen molar-refractivity contribution < 1.29 is 4.74 Å². The molecule has 20 heavy (non-hydrogen) atoms. The average Bonchev–Trinajstić information content (AvgIpc) is 2.80. The summed E-state index contributed by atoms with van der Waals surface area (Å²) in [6, 6.07) is 0. The number of rotatable bonds is 8. The Bertz CT molecular complexity index is 541. The Morgan fingerprint density at radius 1 is 1.35 bits per heavy atom. The molecule has 0 amide bonds. The first-order valence-corrected chi connectivity index (χ1v) is 7.72. The first-order chi connectivity index (χ1) is 9.66. The third kappa shape index (κ3) is 4.54. The molecule has 0 radical (unpaired) electrons. The molecular formula is C14H21BrN4O. The number of hydrogen-bond acceptors (Lipinski definition) is 4. The molecule has 0 aliphatic rings. The van der Waals surface area contributed by atoms with Crippen LogP contribution in [0.5, 0.6) is 0 Å². The zero-order chi connectivity index (χ0) is 14.4. The van der Waals surface area contributed by atoms with Crippen LogP contribution in [0.4, 0.5) is 0 Å². The lowest BCUT2D eigenvalue weighted by Gasteiger charge is -2.07. The van der Waals surface area contributed by atoms with Crippen molar-refractivity contribution in [1.82, 2.24) is 19.7 Å². The fourth-order valence-corrected chi connectivity index (χ4v) is 2.19. The largest absolute Gasteiger partial charge is 0.381 e. The van der Waals surface area contributed by atoms with Crippen LogP contribution in [0.3, 0.4) is 0 Å². The number of imidazole rings is 1. The van der Waals surface area contributed by atoms with E-state index in [1.54, 1.807) is 6.20 Å². The number of fused-ring (bicyclic) bond motifs is 1. The van der Waals surface area contributed by atoms with E-state index in [1.807, 2.05) is 16.8 Å². The molecule has 6 heteroatoms. The smallest absolute Gasteiger partial charge is 0.155 e. The van der Waals surface area contributed by atoms with Crippen LogP contribution in [-0.2, 0) is 11.3 Å². The average molecular weight is 341 g/mol. The van der Waals surface area contributed by atoms with Crippen molar-refractivity contribution in [2.24, 2.45) is 5.92 Å². The Hall–Kier alpha value is -0.980. The van der Waals surface area contributed by atoms with Gasteiger partial charge in [0.2, 0.25) is 0 Å². The topological polar surface area (TPSA) is 51.5 Å². The van der Waals surface area contributed by atoms with Gasteiger partial charge < -0.3 is 10.1 Å². The number of aromatic nitrogens is 3. The van der Waals surface area contributed by atoms with Crippen LogP contribution < -0.4 is 5.32 Å². The summed E-state index contributed by atoms with van der Waals surface area (Å²) in [6.07, 6.45) is 6.60. The standard InChI is InChI=1S/C14H21BrN4O/c1-11(2)10-20-5-3-4-16-6-12-7-18-14-8-17-13(15)9-19(12)14/h7-9,11,16H,3-6,10H2,1-2H3. The highest BCUT2D eigenvalue weighted by atomic mass is 79.9. The molecule has 0 unspecified atom stereocenters. The second-order valence-electron chi connectivity index (χ2n) is 5.19. The number of hydrogen-bond donors (Lipinski definition) is 1. The summed E-state index contributed by atoms with van der Waals surface area (Å²) in [4.78, 5) is 8.48. The molecule has 0 aliphatic carbocycles. The third-order valence-electron chi connectivity index (χ3n) is 2.84. The van der Waals surface area contributed by atoms with Crippen LogP contribution >= 0.6 is 15.9 Å². The van der Waals surface area contributed by atoms with Crippen molar-refractivity contribution >= 4 is 21.6 Å². The maximum atomic E-state index is 5.55. The molecule has 1 N–H and O–H groups in total. The molecule has 0 spiro atoms. The lowest BCUT2D eigenvalue weighted by atomic mass is 10.2. The maximum Gasteiger partial charge on any atom is 0.155 e. The van der Waals surface area contributed by atoms with E-state index < -0.39 is 0 Å². The molecule has 0 aliphatic heterocycles. The van der Waals surface area contributed by atoms with Gasteiger partial charge in [-0.25, -0.2) is 9.97 Å². The maximum absolute atomic E-state index is 5.55. The summed E-state index contributed by atoms with van der Waals surface area (Å²) < 4.78 is 8.40. The van der Waals surface area contributed by atoms with Gasteiger partial charge in [-0.05, 0) is 34.8 Å². The van der Waals surface area contributed by atoms with Crippen molar-refractivity contribution in [3.63, 3.8) is 0 Å². The van der Waals surface area contributed by atoms with E-state index >= 15 is 0 Å². The molecule has 0 bridgehead atoms. The van der Waals surface area contributed by atoms with Gasteiger partial charge in [0.15, 0.2) is 5.65 Å². The fourth-order valence-electron chi connectivity index (χ4n) is 1.88. The SMILES string of the molecule is CC(C)COCCCNCc1cnc2cnc(Br)cn12. The zero-order valence-corrected chi connectivity index (χ0v) is 13.6. The summed E-state index contributed by atoms with van der Waals surface area (Å²) in [5.41, 5.74) is 2.00. The van der Waals surface area contributed by atoms with Gasteiger partial charge in [0, 0.05) is 26.0 Å². The molecule has 2 aromatic heterocycles. The molecule has 0 saturated carbocycles. The number of halogens is 1. The van der Waals surface area contributed by atoms with Gasteiger partial charge in [-0.1, -0.05) is 13.8 Å². The van der Waals surface area contributed by atoms with Gasteiger partial charge in [-0.15, -0.1) is 0 Å². The van der Waals surface area contributed by atoms with Gasteiger partial charge in [0.05, 0.1) is 18.1 Å². The molecule has 2 heterocycles. The molecule has 0 saturated heterocycles. The second kappa shape index (κ2) is 7.71. The predicted molar refractivity (Wildman–Crippen MR) is 82.7 cm³/mol. The highest BCUT2D eigenvalue weighted by Gasteiger charge is 2.03. The molecular weight excluding hydrogens is 320 g/mol. The highest BCUT2D eigenvalue weighted by molar-refractivity contribution is 9.10.